The van der Waals surface area contributed by atoms with E-state index in [9.17, 15) is 9.59 Å². The zero-order valence-electron chi connectivity index (χ0n) is 17.6. The number of ether oxygens (including phenoxy) is 1. The normalized spacial score (nSPS) is 17.9. The van der Waals surface area contributed by atoms with Crippen LogP contribution < -0.4 is 10.1 Å². The van der Waals surface area contributed by atoms with Gasteiger partial charge in [0.2, 0.25) is 5.91 Å². The topological polar surface area (TPSA) is 61.9 Å². The second-order valence-electron chi connectivity index (χ2n) is 7.92. The summed E-state index contributed by atoms with van der Waals surface area (Å²) in [4.78, 5) is 30.7. The van der Waals surface area contributed by atoms with Crippen LogP contribution in [0.15, 0.2) is 35.7 Å². The Morgan fingerprint density at radius 3 is 2.80 bits per heavy atom. The Bertz CT molecular complexity index is 909. The number of amides is 3. The molecule has 4 rings (SSSR count). The van der Waals surface area contributed by atoms with E-state index in [1.165, 1.54) is 10.4 Å². The van der Waals surface area contributed by atoms with Crippen LogP contribution in [0.5, 0.6) is 5.75 Å². The molecule has 0 radical (unpaired) electrons. The zero-order valence-corrected chi connectivity index (χ0v) is 18.4. The lowest BCUT2D eigenvalue weighted by atomic mass is 10.0. The number of benzene rings is 1. The zero-order chi connectivity index (χ0) is 21.1. The standard InChI is InChI=1S/C23H29N3O3S/c1-3-24-23(28)26(17-8-9-17)14-22(27)25-12-10-21-18(11-13-30-21)19(25)15-29-20-7-5-4-6-16(20)2/h4-7,11,13,17,19H,3,8-10,12,14-15H2,1-2H3,(H,24,28)/t19-/m0/s1. The minimum Gasteiger partial charge on any atom is -0.491 e. The summed E-state index contributed by atoms with van der Waals surface area (Å²) < 4.78 is 6.15. The maximum atomic E-state index is 13.3. The molecule has 0 unspecified atom stereocenters. The molecule has 1 aromatic heterocycles. The second kappa shape index (κ2) is 9.08. The number of aryl methyl sites for hydroxylation is 1. The predicted molar refractivity (Wildman–Crippen MR) is 118 cm³/mol. The first-order valence-electron chi connectivity index (χ1n) is 10.7. The Labute approximate surface area is 181 Å². The van der Waals surface area contributed by atoms with Gasteiger partial charge in [0.25, 0.3) is 0 Å². The van der Waals surface area contributed by atoms with Crippen molar-refractivity contribution in [2.45, 2.75) is 45.2 Å². The molecule has 0 spiro atoms. The highest BCUT2D eigenvalue weighted by atomic mass is 32.1. The molecular formula is C23H29N3O3S. The first-order valence-corrected chi connectivity index (χ1v) is 11.5. The molecule has 1 fully saturated rings. The van der Waals surface area contributed by atoms with Crippen LogP contribution in [-0.2, 0) is 11.2 Å². The Balaban J connectivity index is 1.50. The van der Waals surface area contributed by atoms with Crippen LogP contribution in [0.2, 0.25) is 0 Å². The Hall–Kier alpha value is -2.54. The molecule has 1 N–H and O–H groups in total. The molecule has 160 valence electrons. The van der Waals surface area contributed by atoms with Crippen LogP contribution in [0.25, 0.3) is 0 Å². The summed E-state index contributed by atoms with van der Waals surface area (Å²) in [5.74, 6) is 0.831. The van der Waals surface area contributed by atoms with Gasteiger partial charge in [0.15, 0.2) is 0 Å². The number of urea groups is 1. The van der Waals surface area contributed by atoms with Crippen molar-refractivity contribution in [2.75, 3.05) is 26.2 Å². The molecule has 0 saturated heterocycles. The van der Waals surface area contributed by atoms with Crippen LogP contribution in [0, 0.1) is 6.92 Å². The summed E-state index contributed by atoms with van der Waals surface area (Å²) in [6.45, 7) is 5.66. The summed E-state index contributed by atoms with van der Waals surface area (Å²) >= 11 is 1.74. The smallest absolute Gasteiger partial charge is 0.318 e. The summed E-state index contributed by atoms with van der Waals surface area (Å²) in [5.41, 5.74) is 2.25. The van der Waals surface area contributed by atoms with Gasteiger partial charge < -0.3 is 19.9 Å². The molecule has 7 heteroatoms. The molecule has 1 saturated carbocycles. The maximum Gasteiger partial charge on any atom is 0.318 e. The summed E-state index contributed by atoms with van der Waals surface area (Å²) in [7, 11) is 0. The quantitative estimate of drug-likeness (QED) is 0.732. The van der Waals surface area contributed by atoms with Crippen molar-refractivity contribution >= 4 is 23.3 Å². The lowest BCUT2D eigenvalue weighted by molar-refractivity contribution is -0.135. The molecule has 1 aromatic carbocycles. The third-order valence-electron chi connectivity index (χ3n) is 5.79. The van der Waals surface area contributed by atoms with Gasteiger partial charge in [0.05, 0.1) is 6.04 Å². The average Bonchev–Trinajstić information content (AvgIpc) is 3.47. The van der Waals surface area contributed by atoms with Gasteiger partial charge in [0.1, 0.15) is 18.9 Å². The van der Waals surface area contributed by atoms with Crippen molar-refractivity contribution < 1.29 is 14.3 Å². The van der Waals surface area contributed by atoms with Crippen LogP contribution in [0.4, 0.5) is 4.79 Å². The minimum absolute atomic E-state index is 0.0108. The van der Waals surface area contributed by atoms with E-state index < -0.39 is 0 Å². The van der Waals surface area contributed by atoms with Gasteiger partial charge in [0, 0.05) is 24.0 Å². The van der Waals surface area contributed by atoms with E-state index in [2.05, 4.69) is 16.8 Å². The number of nitrogens with one attached hydrogen (secondary N) is 1. The van der Waals surface area contributed by atoms with Gasteiger partial charge in [-0.1, -0.05) is 18.2 Å². The van der Waals surface area contributed by atoms with Gasteiger partial charge >= 0.3 is 6.03 Å². The molecule has 1 aliphatic carbocycles. The van der Waals surface area contributed by atoms with Crippen LogP contribution in [-0.4, -0.2) is 54.0 Å². The number of fused-ring (bicyclic) bond motifs is 1. The fraction of sp³-hybridized carbons (Fsp3) is 0.478. The summed E-state index contributed by atoms with van der Waals surface area (Å²) in [6.07, 6.45) is 2.79. The third-order valence-corrected chi connectivity index (χ3v) is 6.78. The Morgan fingerprint density at radius 2 is 2.07 bits per heavy atom. The van der Waals surface area contributed by atoms with Gasteiger partial charge in [-0.15, -0.1) is 11.3 Å². The van der Waals surface area contributed by atoms with Crippen molar-refractivity contribution in [3.05, 3.63) is 51.7 Å². The highest BCUT2D eigenvalue weighted by molar-refractivity contribution is 7.10. The van der Waals surface area contributed by atoms with E-state index in [-0.39, 0.29) is 30.6 Å². The van der Waals surface area contributed by atoms with E-state index in [0.717, 1.165) is 30.6 Å². The van der Waals surface area contributed by atoms with Crippen molar-refractivity contribution in [3.63, 3.8) is 0 Å². The number of hydrogen-bond donors (Lipinski definition) is 1. The predicted octanol–water partition coefficient (Wildman–Crippen LogP) is 3.76. The first kappa shape index (κ1) is 20.7. The third kappa shape index (κ3) is 4.46. The summed E-state index contributed by atoms with van der Waals surface area (Å²) in [5, 5.41) is 4.93. The number of rotatable bonds is 7. The highest BCUT2D eigenvalue weighted by Gasteiger charge is 2.37. The van der Waals surface area contributed by atoms with Gasteiger partial charge in [-0.3, -0.25) is 4.79 Å². The molecule has 2 aromatic rings. The molecule has 2 heterocycles. The average molecular weight is 428 g/mol. The minimum atomic E-state index is -0.144. The molecule has 2 aliphatic rings. The van der Waals surface area contributed by atoms with Crippen LogP contribution in [0.1, 0.15) is 41.8 Å². The van der Waals surface area contributed by atoms with Gasteiger partial charge in [-0.05, 0) is 61.7 Å². The second-order valence-corrected chi connectivity index (χ2v) is 8.92. The first-order chi connectivity index (χ1) is 14.6. The number of thiophene rings is 1. The lowest BCUT2D eigenvalue weighted by Gasteiger charge is -2.37. The van der Waals surface area contributed by atoms with E-state index in [0.29, 0.717) is 19.7 Å². The summed E-state index contributed by atoms with van der Waals surface area (Å²) in [6, 6.07) is 9.94. The number of carbonyl (C=O) groups is 2. The largest absolute Gasteiger partial charge is 0.491 e. The van der Waals surface area contributed by atoms with E-state index in [1.807, 2.05) is 43.0 Å². The molecule has 3 amide bonds. The van der Waals surface area contributed by atoms with Gasteiger partial charge in [-0.2, -0.15) is 0 Å². The Kier molecular flexibility index (Phi) is 6.27. The fourth-order valence-corrected chi connectivity index (χ4v) is 4.93. The van der Waals surface area contributed by atoms with Crippen molar-refractivity contribution in [2.24, 2.45) is 0 Å². The lowest BCUT2D eigenvalue weighted by Crippen LogP contribution is -2.50. The van der Waals surface area contributed by atoms with Crippen molar-refractivity contribution in [1.82, 2.24) is 15.1 Å². The Morgan fingerprint density at radius 1 is 1.27 bits per heavy atom. The number of nitrogens with zero attached hydrogens (tertiary/aromatic N) is 2. The van der Waals surface area contributed by atoms with E-state index >= 15 is 0 Å². The number of carbonyl (C=O) groups excluding carboxylic acids is 2. The van der Waals surface area contributed by atoms with Crippen LogP contribution in [0.3, 0.4) is 0 Å². The monoisotopic (exact) mass is 427 g/mol. The molecule has 1 aliphatic heterocycles. The van der Waals surface area contributed by atoms with E-state index in [4.69, 9.17) is 4.74 Å². The molecular weight excluding hydrogens is 398 g/mol. The van der Waals surface area contributed by atoms with Crippen molar-refractivity contribution in [3.8, 4) is 5.75 Å². The maximum absolute atomic E-state index is 13.3. The highest BCUT2D eigenvalue weighted by Crippen LogP contribution is 2.35. The van der Waals surface area contributed by atoms with E-state index in [1.54, 1.807) is 16.2 Å². The SMILES string of the molecule is CCNC(=O)N(CC(=O)N1CCc2sccc2[C@@H]1COc1ccccc1C)C1CC1. The molecule has 0 bridgehead atoms. The fourth-order valence-electron chi connectivity index (χ4n) is 4.00. The molecule has 6 nitrogen and oxygen atoms in total. The number of para-hydroxylation sites is 1. The van der Waals surface area contributed by atoms with Gasteiger partial charge in [-0.25, -0.2) is 4.79 Å². The molecule has 1 atom stereocenters. The van der Waals surface area contributed by atoms with Crippen molar-refractivity contribution in [1.29, 1.82) is 0 Å². The van der Waals surface area contributed by atoms with Crippen LogP contribution >= 0.6 is 11.3 Å². The number of hydrogen-bond acceptors (Lipinski definition) is 4. The molecule has 30 heavy (non-hydrogen) atoms.